The maximum absolute atomic E-state index is 11.4. The number of nitrogens with two attached hydrogens (primary N) is 1. The number of aliphatic hydroxyl groups is 1. The molecule has 0 bridgehead atoms. The van der Waals surface area contributed by atoms with Crippen molar-refractivity contribution in [1.82, 2.24) is 5.32 Å². The highest BCUT2D eigenvalue weighted by atomic mass is 16.4. The van der Waals surface area contributed by atoms with Gasteiger partial charge in [0.2, 0.25) is 5.91 Å². The summed E-state index contributed by atoms with van der Waals surface area (Å²) in [6.45, 7) is -0.302. The van der Waals surface area contributed by atoms with Crippen molar-refractivity contribution in [1.29, 1.82) is 0 Å². The Morgan fingerprint density at radius 3 is 2.41 bits per heavy atom. The number of hydrogen-bond acceptors (Lipinski definition) is 4. The predicted molar refractivity (Wildman–Crippen MR) is 61.2 cm³/mol. The molecule has 17 heavy (non-hydrogen) atoms. The van der Waals surface area contributed by atoms with Gasteiger partial charge in [0.15, 0.2) is 6.10 Å². The molecule has 1 aromatic rings. The number of nitrogens with one attached hydrogen (secondary N) is 1. The van der Waals surface area contributed by atoms with E-state index >= 15 is 0 Å². The molecule has 1 amide bonds. The number of aliphatic carboxylic acids is 1. The molecular weight excluding hydrogens is 224 g/mol. The second kappa shape index (κ2) is 5.86. The highest BCUT2D eigenvalue weighted by molar-refractivity contribution is 5.80. The number of carboxylic acid groups (broad SMARTS) is 1. The number of hydrogen-bond donors (Lipinski definition) is 4. The van der Waals surface area contributed by atoms with E-state index < -0.39 is 12.1 Å². The van der Waals surface area contributed by atoms with Crippen LogP contribution in [0.2, 0.25) is 0 Å². The number of carbonyl (C=O) groups excluding carboxylic acids is 1. The van der Waals surface area contributed by atoms with Crippen LogP contribution in [0.4, 0.5) is 5.69 Å². The molecule has 0 aliphatic rings. The standard InChI is InChI=1S/C11H14N2O4/c12-8-3-1-7(2-4-8)5-10(15)13-6-9(14)11(16)17/h1-4,9,14H,5-6,12H2,(H,13,15)(H,16,17). The van der Waals surface area contributed by atoms with Crippen molar-refractivity contribution in [3.8, 4) is 0 Å². The van der Waals surface area contributed by atoms with Crippen LogP contribution in [0.15, 0.2) is 24.3 Å². The molecule has 0 aliphatic heterocycles. The number of nitrogen functional groups attached to an aromatic ring is 1. The summed E-state index contributed by atoms with van der Waals surface area (Å²) in [6, 6.07) is 6.77. The van der Waals surface area contributed by atoms with E-state index in [9.17, 15) is 9.59 Å². The highest BCUT2D eigenvalue weighted by Crippen LogP contribution is 2.05. The average molecular weight is 238 g/mol. The van der Waals surface area contributed by atoms with Gasteiger partial charge in [0.1, 0.15) is 0 Å². The second-order valence-corrected chi connectivity index (χ2v) is 3.58. The van der Waals surface area contributed by atoms with Crippen LogP contribution < -0.4 is 11.1 Å². The van der Waals surface area contributed by atoms with Crippen molar-refractivity contribution in [2.45, 2.75) is 12.5 Å². The molecule has 0 fully saturated rings. The molecule has 0 radical (unpaired) electrons. The van der Waals surface area contributed by atoms with Crippen LogP contribution in [0.25, 0.3) is 0 Å². The Kier molecular flexibility index (Phi) is 4.47. The van der Waals surface area contributed by atoms with Gasteiger partial charge in [-0.3, -0.25) is 4.79 Å². The molecule has 92 valence electrons. The Labute approximate surface area is 98.1 Å². The Hall–Kier alpha value is -2.08. The number of aliphatic hydroxyl groups excluding tert-OH is 1. The van der Waals surface area contributed by atoms with E-state index in [1.807, 2.05) is 0 Å². The molecule has 6 heteroatoms. The van der Waals surface area contributed by atoms with E-state index in [1.165, 1.54) is 0 Å². The molecule has 0 aromatic heterocycles. The summed E-state index contributed by atoms with van der Waals surface area (Å²) in [4.78, 5) is 21.7. The summed E-state index contributed by atoms with van der Waals surface area (Å²) in [6.07, 6.45) is -1.46. The zero-order chi connectivity index (χ0) is 12.8. The smallest absolute Gasteiger partial charge is 0.334 e. The summed E-state index contributed by atoms with van der Waals surface area (Å²) >= 11 is 0. The Morgan fingerprint density at radius 1 is 1.29 bits per heavy atom. The summed E-state index contributed by atoms with van der Waals surface area (Å²) in [5.41, 5.74) is 6.86. The SMILES string of the molecule is Nc1ccc(CC(=O)NCC(O)C(=O)O)cc1. The van der Waals surface area contributed by atoms with Crippen LogP contribution in [0.5, 0.6) is 0 Å². The third-order valence-electron chi connectivity index (χ3n) is 2.12. The molecule has 0 aliphatic carbocycles. The average Bonchev–Trinajstić information content (AvgIpc) is 2.29. The molecule has 1 atom stereocenters. The number of amides is 1. The van der Waals surface area contributed by atoms with Crippen LogP contribution in [-0.4, -0.2) is 34.7 Å². The van der Waals surface area contributed by atoms with E-state index in [0.717, 1.165) is 5.56 Å². The first-order valence-corrected chi connectivity index (χ1v) is 5.01. The van der Waals surface area contributed by atoms with Crippen molar-refractivity contribution in [2.24, 2.45) is 0 Å². The molecule has 0 heterocycles. The molecule has 1 unspecified atom stereocenters. The molecule has 1 rings (SSSR count). The Balaban J connectivity index is 2.39. The Bertz CT molecular complexity index is 402. The number of rotatable bonds is 5. The maximum atomic E-state index is 11.4. The van der Waals surface area contributed by atoms with Crippen LogP contribution in [0.1, 0.15) is 5.56 Å². The van der Waals surface area contributed by atoms with E-state index in [-0.39, 0.29) is 18.9 Å². The van der Waals surface area contributed by atoms with Crippen LogP contribution in [0, 0.1) is 0 Å². The maximum Gasteiger partial charge on any atom is 0.334 e. The first-order chi connectivity index (χ1) is 7.99. The molecule has 6 nitrogen and oxygen atoms in total. The van der Waals surface area contributed by atoms with E-state index in [1.54, 1.807) is 24.3 Å². The topological polar surface area (TPSA) is 113 Å². The van der Waals surface area contributed by atoms with Gasteiger partial charge < -0.3 is 21.3 Å². The van der Waals surface area contributed by atoms with Gasteiger partial charge in [0, 0.05) is 5.69 Å². The minimum atomic E-state index is -1.58. The van der Waals surface area contributed by atoms with Gasteiger partial charge in [-0.1, -0.05) is 12.1 Å². The minimum Gasteiger partial charge on any atom is -0.479 e. The van der Waals surface area contributed by atoms with Crippen molar-refractivity contribution in [3.63, 3.8) is 0 Å². The summed E-state index contributed by atoms with van der Waals surface area (Å²) in [5, 5.41) is 19.7. The quantitative estimate of drug-likeness (QED) is 0.510. The first kappa shape index (κ1) is 13.0. The third-order valence-corrected chi connectivity index (χ3v) is 2.12. The second-order valence-electron chi connectivity index (χ2n) is 3.58. The zero-order valence-electron chi connectivity index (χ0n) is 9.09. The van der Waals surface area contributed by atoms with E-state index in [4.69, 9.17) is 15.9 Å². The number of carbonyl (C=O) groups is 2. The third kappa shape index (κ3) is 4.52. The summed E-state index contributed by atoms with van der Waals surface area (Å²) in [7, 11) is 0. The van der Waals surface area contributed by atoms with Gasteiger partial charge in [-0.05, 0) is 17.7 Å². The molecule has 0 spiro atoms. The van der Waals surface area contributed by atoms with Gasteiger partial charge in [-0.2, -0.15) is 0 Å². The first-order valence-electron chi connectivity index (χ1n) is 5.01. The van der Waals surface area contributed by atoms with E-state index in [0.29, 0.717) is 5.69 Å². The number of benzene rings is 1. The molecule has 0 saturated carbocycles. The van der Waals surface area contributed by atoms with Crippen molar-refractivity contribution < 1.29 is 19.8 Å². The van der Waals surface area contributed by atoms with Gasteiger partial charge in [0.25, 0.3) is 0 Å². The van der Waals surface area contributed by atoms with Crippen LogP contribution in [0.3, 0.4) is 0 Å². The largest absolute Gasteiger partial charge is 0.479 e. The van der Waals surface area contributed by atoms with E-state index in [2.05, 4.69) is 5.32 Å². The highest BCUT2D eigenvalue weighted by Gasteiger charge is 2.13. The number of carboxylic acids is 1. The number of anilines is 1. The fourth-order valence-corrected chi connectivity index (χ4v) is 1.18. The lowest BCUT2D eigenvalue weighted by atomic mass is 10.1. The summed E-state index contributed by atoms with van der Waals surface area (Å²) < 4.78 is 0. The lowest BCUT2D eigenvalue weighted by Crippen LogP contribution is -2.37. The molecule has 0 saturated heterocycles. The summed E-state index contributed by atoms with van der Waals surface area (Å²) in [5.74, 6) is -1.71. The molecule has 1 aromatic carbocycles. The van der Waals surface area contributed by atoms with Gasteiger partial charge in [0.05, 0.1) is 13.0 Å². The predicted octanol–water partition coefficient (Wildman–Crippen LogP) is -0.627. The van der Waals surface area contributed by atoms with Crippen molar-refractivity contribution in [3.05, 3.63) is 29.8 Å². The molecular formula is C11H14N2O4. The monoisotopic (exact) mass is 238 g/mol. The minimum absolute atomic E-state index is 0.118. The normalized spacial score (nSPS) is 11.8. The lowest BCUT2D eigenvalue weighted by Gasteiger charge is -2.07. The fourth-order valence-electron chi connectivity index (χ4n) is 1.18. The van der Waals surface area contributed by atoms with Crippen molar-refractivity contribution >= 4 is 17.6 Å². The van der Waals surface area contributed by atoms with Crippen LogP contribution >= 0.6 is 0 Å². The Morgan fingerprint density at radius 2 is 1.88 bits per heavy atom. The van der Waals surface area contributed by atoms with Gasteiger partial charge in [-0.15, -0.1) is 0 Å². The zero-order valence-corrected chi connectivity index (χ0v) is 9.09. The van der Waals surface area contributed by atoms with Crippen molar-refractivity contribution in [2.75, 3.05) is 12.3 Å². The fraction of sp³-hybridized carbons (Fsp3) is 0.273. The van der Waals surface area contributed by atoms with Gasteiger partial charge >= 0.3 is 5.97 Å². The van der Waals surface area contributed by atoms with Gasteiger partial charge in [-0.25, -0.2) is 4.79 Å². The molecule has 5 N–H and O–H groups in total. The van der Waals surface area contributed by atoms with Crippen LogP contribution in [-0.2, 0) is 16.0 Å². The lowest BCUT2D eigenvalue weighted by molar-refractivity contribution is -0.146.